The van der Waals surface area contributed by atoms with Crippen molar-refractivity contribution < 1.29 is 23.5 Å². The summed E-state index contributed by atoms with van der Waals surface area (Å²) in [4.78, 5) is 22.8. The lowest BCUT2D eigenvalue weighted by Crippen LogP contribution is -2.18. The van der Waals surface area contributed by atoms with Crippen LogP contribution >= 0.6 is 0 Å². The van der Waals surface area contributed by atoms with E-state index in [-0.39, 0.29) is 23.5 Å². The Bertz CT molecular complexity index is 454. The standard InChI is InChI=1S/C12H13FO4/c1-4-17-12(15)11(14)8-5-7(2)10(13)9(6-8)16-3/h5-6H,4H2,1-3H3. The number of methoxy groups -OCH3 is 1. The molecule has 0 amide bonds. The largest absolute Gasteiger partial charge is 0.494 e. The van der Waals surface area contributed by atoms with Gasteiger partial charge in [-0.05, 0) is 31.5 Å². The summed E-state index contributed by atoms with van der Waals surface area (Å²) in [7, 11) is 1.29. The molecular formula is C12H13FO4. The predicted octanol–water partition coefficient (Wildman–Crippen LogP) is 1.89. The van der Waals surface area contributed by atoms with Gasteiger partial charge < -0.3 is 9.47 Å². The monoisotopic (exact) mass is 240 g/mol. The zero-order valence-corrected chi connectivity index (χ0v) is 9.87. The van der Waals surface area contributed by atoms with Crippen LogP contribution in [0.15, 0.2) is 12.1 Å². The number of rotatable bonds is 4. The highest BCUT2D eigenvalue weighted by molar-refractivity contribution is 6.40. The number of ether oxygens (including phenoxy) is 2. The van der Waals surface area contributed by atoms with Crippen molar-refractivity contribution in [3.05, 3.63) is 29.1 Å². The summed E-state index contributed by atoms with van der Waals surface area (Å²) in [6, 6.07) is 2.47. The lowest BCUT2D eigenvalue weighted by Gasteiger charge is -2.07. The van der Waals surface area contributed by atoms with E-state index in [1.54, 1.807) is 6.92 Å². The van der Waals surface area contributed by atoms with E-state index >= 15 is 0 Å². The number of ketones is 1. The maximum atomic E-state index is 13.4. The van der Waals surface area contributed by atoms with Gasteiger partial charge in [0, 0.05) is 5.56 Å². The number of carbonyl (C=O) groups excluding carboxylic acids is 2. The van der Waals surface area contributed by atoms with Gasteiger partial charge in [0.15, 0.2) is 11.6 Å². The average Bonchev–Trinajstić information content (AvgIpc) is 2.31. The van der Waals surface area contributed by atoms with Gasteiger partial charge in [0.05, 0.1) is 13.7 Å². The van der Waals surface area contributed by atoms with E-state index < -0.39 is 17.6 Å². The fourth-order valence-corrected chi connectivity index (χ4v) is 1.33. The molecule has 0 aliphatic heterocycles. The number of aryl methyl sites for hydroxylation is 1. The van der Waals surface area contributed by atoms with Gasteiger partial charge in [-0.25, -0.2) is 9.18 Å². The van der Waals surface area contributed by atoms with Gasteiger partial charge >= 0.3 is 5.97 Å². The SMILES string of the molecule is CCOC(=O)C(=O)c1cc(C)c(F)c(OC)c1. The van der Waals surface area contributed by atoms with Crippen molar-refractivity contribution >= 4 is 11.8 Å². The first-order valence-corrected chi connectivity index (χ1v) is 5.06. The zero-order valence-electron chi connectivity index (χ0n) is 9.87. The van der Waals surface area contributed by atoms with Gasteiger partial charge in [0.2, 0.25) is 0 Å². The van der Waals surface area contributed by atoms with Crippen molar-refractivity contribution in [2.45, 2.75) is 13.8 Å². The first-order chi connectivity index (χ1) is 8.01. The Balaban J connectivity index is 3.11. The molecule has 17 heavy (non-hydrogen) atoms. The summed E-state index contributed by atoms with van der Waals surface area (Å²) >= 11 is 0. The van der Waals surface area contributed by atoms with Crippen molar-refractivity contribution in [3.63, 3.8) is 0 Å². The van der Waals surface area contributed by atoms with Crippen LogP contribution in [0.3, 0.4) is 0 Å². The second-order valence-corrected chi connectivity index (χ2v) is 3.36. The van der Waals surface area contributed by atoms with Gasteiger partial charge in [-0.15, -0.1) is 0 Å². The van der Waals surface area contributed by atoms with E-state index in [1.165, 1.54) is 26.2 Å². The summed E-state index contributed by atoms with van der Waals surface area (Å²) in [5.41, 5.74) is 0.288. The highest BCUT2D eigenvalue weighted by Gasteiger charge is 2.20. The van der Waals surface area contributed by atoms with E-state index in [0.29, 0.717) is 0 Å². The van der Waals surface area contributed by atoms with E-state index in [1.807, 2.05) is 0 Å². The first kappa shape index (κ1) is 13.2. The molecule has 0 N–H and O–H groups in total. The smallest absolute Gasteiger partial charge is 0.379 e. The number of halogens is 1. The third-order valence-corrected chi connectivity index (χ3v) is 2.16. The molecule has 0 atom stereocenters. The Morgan fingerprint density at radius 3 is 2.53 bits per heavy atom. The van der Waals surface area contributed by atoms with Crippen molar-refractivity contribution in [1.29, 1.82) is 0 Å². The number of Topliss-reactive ketones (excluding diaryl/α,β-unsaturated/α-hetero) is 1. The maximum Gasteiger partial charge on any atom is 0.379 e. The Morgan fingerprint density at radius 2 is 2.00 bits per heavy atom. The number of hydrogen-bond acceptors (Lipinski definition) is 4. The van der Waals surface area contributed by atoms with E-state index in [0.717, 1.165) is 0 Å². The molecule has 0 heterocycles. The molecule has 1 rings (SSSR count). The minimum atomic E-state index is -0.958. The highest BCUT2D eigenvalue weighted by atomic mass is 19.1. The average molecular weight is 240 g/mol. The number of benzene rings is 1. The van der Waals surface area contributed by atoms with Crippen LogP contribution in [0.5, 0.6) is 5.75 Å². The van der Waals surface area contributed by atoms with Crippen LogP contribution in [0.4, 0.5) is 4.39 Å². The van der Waals surface area contributed by atoms with Crippen LogP contribution in [-0.4, -0.2) is 25.5 Å². The first-order valence-electron chi connectivity index (χ1n) is 5.06. The molecule has 1 aromatic rings. The topological polar surface area (TPSA) is 52.6 Å². The lowest BCUT2D eigenvalue weighted by atomic mass is 10.1. The molecule has 0 aliphatic rings. The fourth-order valence-electron chi connectivity index (χ4n) is 1.33. The number of carbonyl (C=O) groups is 2. The molecule has 0 saturated heterocycles. The van der Waals surface area contributed by atoms with Crippen molar-refractivity contribution in [1.82, 2.24) is 0 Å². The Hall–Kier alpha value is -1.91. The van der Waals surface area contributed by atoms with Crippen molar-refractivity contribution in [2.24, 2.45) is 0 Å². The van der Waals surface area contributed by atoms with Crippen LogP contribution in [0, 0.1) is 12.7 Å². The molecule has 0 bridgehead atoms. The van der Waals surface area contributed by atoms with Gasteiger partial charge in [-0.3, -0.25) is 4.79 Å². The molecular weight excluding hydrogens is 227 g/mol. The summed E-state index contributed by atoms with van der Waals surface area (Å²) in [5, 5.41) is 0. The van der Waals surface area contributed by atoms with E-state index in [4.69, 9.17) is 4.74 Å². The molecule has 1 aromatic carbocycles. The van der Waals surface area contributed by atoms with Gasteiger partial charge in [0.25, 0.3) is 5.78 Å². The molecule has 0 saturated carbocycles. The summed E-state index contributed by atoms with van der Waals surface area (Å²) in [5.74, 6) is -2.39. The van der Waals surface area contributed by atoms with Gasteiger partial charge in [-0.1, -0.05) is 0 Å². The molecule has 0 aliphatic carbocycles. The minimum absolute atomic E-state index is 0.0548. The molecule has 0 radical (unpaired) electrons. The Kier molecular flexibility index (Phi) is 4.20. The lowest BCUT2D eigenvalue weighted by molar-refractivity contribution is -0.137. The second kappa shape index (κ2) is 5.43. The summed E-state index contributed by atoms with van der Waals surface area (Å²) in [6.45, 7) is 3.20. The molecule has 92 valence electrons. The summed E-state index contributed by atoms with van der Waals surface area (Å²) < 4.78 is 22.8. The summed E-state index contributed by atoms with van der Waals surface area (Å²) in [6.07, 6.45) is 0. The molecule has 5 heteroatoms. The van der Waals surface area contributed by atoms with Crippen LogP contribution < -0.4 is 4.74 Å². The van der Waals surface area contributed by atoms with Crippen molar-refractivity contribution in [3.8, 4) is 5.75 Å². The highest BCUT2D eigenvalue weighted by Crippen LogP contribution is 2.22. The molecule has 0 aromatic heterocycles. The molecule has 0 unspecified atom stereocenters. The Morgan fingerprint density at radius 1 is 1.35 bits per heavy atom. The van der Waals surface area contributed by atoms with Crippen molar-refractivity contribution in [2.75, 3.05) is 13.7 Å². The quantitative estimate of drug-likeness (QED) is 0.458. The number of esters is 1. The molecule has 4 nitrogen and oxygen atoms in total. The zero-order chi connectivity index (χ0) is 13.0. The van der Waals surface area contributed by atoms with Crippen LogP contribution in [0.2, 0.25) is 0 Å². The van der Waals surface area contributed by atoms with E-state index in [2.05, 4.69) is 4.74 Å². The number of hydrogen-bond donors (Lipinski definition) is 0. The molecule has 0 spiro atoms. The van der Waals surface area contributed by atoms with E-state index in [9.17, 15) is 14.0 Å². The minimum Gasteiger partial charge on any atom is -0.494 e. The van der Waals surface area contributed by atoms with Gasteiger partial charge in [0.1, 0.15) is 0 Å². The van der Waals surface area contributed by atoms with Crippen LogP contribution in [0.1, 0.15) is 22.8 Å². The van der Waals surface area contributed by atoms with Gasteiger partial charge in [-0.2, -0.15) is 0 Å². The third-order valence-electron chi connectivity index (χ3n) is 2.16. The molecule has 0 fully saturated rings. The van der Waals surface area contributed by atoms with Crippen LogP contribution in [-0.2, 0) is 9.53 Å². The van der Waals surface area contributed by atoms with Crippen LogP contribution in [0.25, 0.3) is 0 Å². The fraction of sp³-hybridized carbons (Fsp3) is 0.333. The predicted molar refractivity (Wildman–Crippen MR) is 58.7 cm³/mol. The second-order valence-electron chi connectivity index (χ2n) is 3.36. The Labute approximate surface area is 98.3 Å². The normalized spacial score (nSPS) is 9.88. The maximum absolute atomic E-state index is 13.4. The third kappa shape index (κ3) is 2.81.